The number of nitro groups is 2. The Morgan fingerprint density at radius 3 is 2.08 bits per heavy atom. The summed E-state index contributed by atoms with van der Waals surface area (Å²) in [7, 11) is 0. The molecule has 0 radical (unpaired) electrons. The Morgan fingerprint density at radius 1 is 0.875 bits per heavy atom. The van der Waals surface area contributed by atoms with Crippen molar-refractivity contribution in [1.82, 2.24) is 4.98 Å². The minimum atomic E-state index is -0.804. The van der Waals surface area contributed by atoms with Gasteiger partial charge in [-0.3, -0.25) is 20.2 Å². The Hall–Kier alpha value is -3.22. The topological polar surface area (TPSA) is 102 Å². The maximum Gasteiger partial charge on any atom is 0.217 e. The van der Waals surface area contributed by atoms with E-state index in [1.54, 1.807) is 0 Å². The lowest BCUT2D eigenvalue weighted by Crippen LogP contribution is -2.21. The van der Waals surface area contributed by atoms with Crippen molar-refractivity contribution >= 4 is 10.9 Å². The first-order chi connectivity index (χ1) is 11.6. The number of aromatic nitrogens is 1. The van der Waals surface area contributed by atoms with E-state index in [9.17, 15) is 20.2 Å². The number of nitrogens with zero attached hydrogens (tertiary/aromatic N) is 2. The summed E-state index contributed by atoms with van der Waals surface area (Å²) in [5.41, 5.74) is 2.99. The zero-order chi connectivity index (χ0) is 17.1. The van der Waals surface area contributed by atoms with Crippen LogP contribution >= 0.6 is 0 Å². The Balaban J connectivity index is 2.22. The number of fused-ring (bicyclic) bond motifs is 1. The average Bonchev–Trinajstić information content (AvgIpc) is 2.93. The van der Waals surface area contributed by atoms with Gasteiger partial charge in [0.1, 0.15) is 5.92 Å². The van der Waals surface area contributed by atoms with Crippen LogP contribution in [0.15, 0.2) is 54.6 Å². The standard InChI is InChI=1S/C17H15N3O4/c21-19(22)10-13(11-20(23)24)16-14-8-4-5-9-15(14)18-17(16)12-6-2-1-3-7-12/h1-9,13,18H,10-11H2. The molecule has 1 heterocycles. The first-order valence-corrected chi connectivity index (χ1v) is 7.46. The molecule has 2 aromatic carbocycles. The minimum Gasteiger partial charge on any atom is -0.354 e. The molecule has 1 N–H and O–H groups in total. The molecule has 0 unspecified atom stereocenters. The molecule has 0 amide bonds. The third-order valence-electron chi connectivity index (χ3n) is 3.96. The summed E-state index contributed by atoms with van der Waals surface area (Å²) in [6, 6.07) is 16.7. The van der Waals surface area contributed by atoms with Gasteiger partial charge in [0.25, 0.3) is 0 Å². The maximum atomic E-state index is 11.0. The summed E-state index contributed by atoms with van der Waals surface area (Å²) in [4.78, 5) is 24.4. The van der Waals surface area contributed by atoms with Crippen molar-refractivity contribution in [2.24, 2.45) is 0 Å². The fraction of sp³-hybridized carbons (Fsp3) is 0.176. The molecule has 0 bridgehead atoms. The van der Waals surface area contributed by atoms with E-state index in [-0.39, 0.29) is 0 Å². The normalized spacial score (nSPS) is 11.0. The second-order valence-electron chi connectivity index (χ2n) is 5.55. The third-order valence-corrected chi connectivity index (χ3v) is 3.96. The first kappa shape index (κ1) is 15.7. The summed E-state index contributed by atoms with van der Waals surface area (Å²) in [5, 5.41) is 22.9. The summed E-state index contributed by atoms with van der Waals surface area (Å²) in [5.74, 6) is -0.804. The molecule has 0 spiro atoms. The molecule has 122 valence electrons. The number of para-hydroxylation sites is 1. The monoisotopic (exact) mass is 325 g/mol. The van der Waals surface area contributed by atoms with E-state index in [0.29, 0.717) is 11.3 Å². The van der Waals surface area contributed by atoms with E-state index in [1.807, 2.05) is 54.6 Å². The van der Waals surface area contributed by atoms with Crippen molar-refractivity contribution in [2.45, 2.75) is 5.92 Å². The van der Waals surface area contributed by atoms with Gasteiger partial charge in [-0.05, 0) is 11.6 Å². The predicted molar refractivity (Wildman–Crippen MR) is 90.2 cm³/mol. The van der Waals surface area contributed by atoms with Crippen LogP contribution in [0.3, 0.4) is 0 Å². The number of benzene rings is 2. The molecule has 0 saturated carbocycles. The average molecular weight is 325 g/mol. The van der Waals surface area contributed by atoms with E-state index in [4.69, 9.17) is 0 Å². The van der Waals surface area contributed by atoms with Crippen molar-refractivity contribution in [3.8, 4) is 11.3 Å². The lowest BCUT2D eigenvalue weighted by molar-refractivity contribution is -0.516. The van der Waals surface area contributed by atoms with Crippen molar-refractivity contribution < 1.29 is 9.85 Å². The molecule has 7 nitrogen and oxygen atoms in total. The maximum absolute atomic E-state index is 11.0. The fourth-order valence-corrected chi connectivity index (χ4v) is 3.02. The number of hydrogen-bond acceptors (Lipinski definition) is 4. The van der Waals surface area contributed by atoms with Gasteiger partial charge in [0.15, 0.2) is 0 Å². The molecule has 0 saturated heterocycles. The van der Waals surface area contributed by atoms with Crippen LogP contribution in [0.25, 0.3) is 22.2 Å². The molecule has 0 atom stereocenters. The van der Waals surface area contributed by atoms with Crippen LogP contribution in [0, 0.1) is 20.2 Å². The number of nitrogens with one attached hydrogen (secondary N) is 1. The summed E-state index contributed by atoms with van der Waals surface area (Å²) >= 11 is 0. The van der Waals surface area contributed by atoms with Crippen molar-refractivity contribution in [2.75, 3.05) is 13.1 Å². The molecule has 7 heteroatoms. The van der Waals surface area contributed by atoms with Crippen LogP contribution in [-0.4, -0.2) is 27.9 Å². The highest BCUT2D eigenvalue weighted by Gasteiger charge is 2.29. The van der Waals surface area contributed by atoms with Crippen LogP contribution in [0.4, 0.5) is 0 Å². The van der Waals surface area contributed by atoms with Gasteiger partial charge in [0.2, 0.25) is 13.1 Å². The van der Waals surface area contributed by atoms with Crippen LogP contribution in [0.2, 0.25) is 0 Å². The molecule has 0 aliphatic heterocycles. The van der Waals surface area contributed by atoms with Crippen LogP contribution in [-0.2, 0) is 0 Å². The van der Waals surface area contributed by atoms with Crippen LogP contribution in [0.5, 0.6) is 0 Å². The highest BCUT2D eigenvalue weighted by Crippen LogP contribution is 2.35. The predicted octanol–water partition coefficient (Wildman–Crippen LogP) is 3.47. The van der Waals surface area contributed by atoms with Gasteiger partial charge >= 0.3 is 0 Å². The highest BCUT2D eigenvalue weighted by molar-refractivity contribution is 5.91. The first-order valence-electron chi connectivity index (χ1n) is 7.46. The number of H-pyrrole nitrogens is 1. The molecule has 3 aromatic rings. The molecule has 3 rings (SSSR count). The summed E-state index contributed by atoms with van der Waals surface area (Å²) in [6.07, 6.45) is 0. The van der Waals surface area contributed by atoms with Gasteiger partial charge in [-0.2, -0.15) is 0 Å². The molecule has 0 fully saturated rings. The van der Waals surface area contributed by atoms with Gasteiger partial charge in [0, 0.05) is 26.3 Å². The Kier molecular flexibility index (Phi) is 4.24. The lowest BCUT2D eigenvalue weighted by atomic mass is 9.93. The van der Waals surface area contributed by atoms with Gasteiger partial charge < -0.3 is 4.98 Å². The quantitative estimate of drug-likeness (QED) is 0.553. The zero-order valence-electron chi connectivity index (χ0n) is 12.7. The van der Waals surface area contributed by atoms with E-state index in [1.165, 1.54) is 0 Å². The molecular formula is C17H15N3O4. The second-order valence-corrected chi connectivity index (χ2v) is 5.55. The van der Waals surface area contributed by atoms with E-state index in [0.717, 1.165) is 16.5 Å². The van der Waals surface area contributed by atoms with Crippen LogP contribution < -0.4 is 0 Å². The van der Waals surface area contributed by atoms with Crippen molar-refractivity contribution in [3.05, 3.63) is 80.4 Å². The SMILES string of the molecule is O=[N+]([O-])CC(C[N+](=O)[O-])c1c(-c2ccccc2)[nH]c2ccccc12. The minimum absolute atomic E-state index is 0.483. The number of aromatic amines is 1. The van der Waals surface area contributed by atoms with Crippen molar-refractivity contribution in [1.29, 1.82) is 0 Å². The summed E-state index contributed by atoms with van der Waals surface area (Å²) in [6.45, 7) is -0.967. The lowest BCUT2D eigenvalue weighted by Gasteiger charge is -2.11. The van der Waals surface area contributed by atoms with Gasteiger partial charge in [-0.25, -0.2) is 0 Å². The molecule has 0 aliphatic carbocycles. The van der Waals surface area contributed by atoms with E-state index in [2.05, 4.69) is 4.98 Å². The Labute approximate surface area is 137 Å². The number of rotatable bonds is 6. The van der Waals surface area contributed by atoms with E-state index < -0.39 is 28.9 Å². The molecular weight excluding hydrogens is 310 g/mol. The second kappa shape index (κ2) is 6.49. The van der Waals surface area contributed by atoms with E-state index >= 15 is 0 Å². The van der Waals surface area contributed by atoms with Gasteiger partial charge in [0.05, 0.1) is 5.69 Å². The highest BCUT2D eigenvalue weighted by atomic mass is 16.6. The summed E-state index contributed by atoms with van der Waals surface area (Å²) < 4.78 is 0. The Morgan fingerprint density at radius 2 is 1.46 bits per heavy atom. The van der Waals surface area contributed by atoms with Gasteiger partial charge in [-0.1, -0.05) is 48.5 Å². The molecule has 1 aromatic heterocycles. The zero-order valence-corrected chi connectivity index (χ0v) is 12.7. The fourth-order valence-electron chi connectivity index (χ4n) is 3.02. The molecule has 24 heavy (non-hydrogen) atoms. The van der Waals surface area contributed by atoms with Gasteiger partial charge in [-0.15, -0.1) is 0 Å². The third kappa shape index (κ3) is 3.10. The largest absolute Gasteiger partial charge is 0.354 e. The van der Waals surface area contributed by atoms with Crippen molar-refractivity contribution in [3.63, 3.8) is 0 Å². The smallest absolute Gasteiger partial charge is 0.217 e. The number of hydrogen-bond donors (Lipinski definition) is 1. The van der Waals surface area contributed by atoms with Crippen LogP contribution in [0.1, 0.15) is 11.5 Å². The Bertz CT molecular complexity index is 873. The molecule has 0 aliphatic rings.